The van der Waals surface area contributed by atoms with Crippen LogP contribution in [0.4, 0.5) is 0 Å². The van der Waals surface area contributed by atoms with Crippen molar-refractivity contribution in [1.82, 2.24) is 14.8 Å². The van der Waals surface area contributed by atoms with Crippen LogP contribution in [0.15, 0.2) is 0 Å². The molecule has 5 heteroatoms. The first-order valence-electron chi connectivity index (χ1n) is 5.46. The fraction of sp³-hybridized carbons (Fsp3) is 0.800. The quantitative estimate of drug-likeness (QED) is 0.820. The van der Waals surface area contributed by atoms with Crippen molar-refractivity contribution in [2.75, 3.05) is 11.5 Å². The van der Waals surface area contributed by atoms with Gasteiger partial charge < -0.3 is 4.57 Å². The molecule has 0 bridgehead atoms. The summed E-state index contributed by atoms with van der Waals surface area (Å²) in [5.41, 5.74) is 0. The fourth-order valence-electron chi connectivity index (χ4n) is 1.94. The highest BCUT2D eigenvalue weighted by Crippen LogP contribution is 2.25. The van der Waals surface area contributed by atoms with Crippen molar-refractivity contribution in [3.63, 3.8) is 0 Å². The van der Waals surface area contributed by atoms with Gasteiger partial charge in [-0.25, -0.2) is 0 Å². The molecule has 0 N–H and O–H groups in total. The van der Waals surface area contributed by atoms with Gasteiger partial charge in [-0.05, 0) is 41.9 Å². The molecule has 2 heterocycles. The van der Waals surface area contributed by atoms with Gasteiger partial charge in [0.25, 0.3) is 0 Å². The molecular formula is C10H16ClN3S. The van der Waals surface area contributed by atoms with Crippen molar-refractivity contribution in [3.05, 3.63) is 11.1 Å². The van der Waals surface area contributed by atoms with Gasteiger partial charge in [0, 0.05) is 13.0 Å². The van der Waals surface area contributed by atoms with Crippen LogP contribution in [0, 0.1) is 5.92 Å². The van der Waals surface area contributed by atoms with Crippen LogP contribution in [0.5, 0.6) is 0 Å². The number of hydrogen-bond donors (Lipinski definition) is 0. The number of aromatic nitrogens is 3. The Hall–Kier alpha value is -0.220. The Bertz CT molecular complexity index is 320. The lowest BCUT2D eigenvalue weighted by molar-refractivity contribution is 0.410. The van der Waals surface area contributed by atoms with Crippen LogP contribution >= 0.6 is 23.4 Å². The standard InChI is InChI=1S/C10H16ClN3S/c1-2-9-12-13-10(11)14(9)7-8-3-5-15-6-4-8/h8H,2-7H2,1H3. The molecule has 0 aliphatic carbocycles. The highest BCUT2D eigenvalue weighted by molar-refractivity contribution is 7.99. The molecule has 0 atom stereocenters. The summed E-state index contributed by atoms with van der Waals surface area (Å²) in [7, 11) is 0. The van der Waals surface area contributed by atoms with Gasteiger partial charge in [0.05, 0.1) is 0 Å². The summed E-state index contributed by atoms with van der Waals surface area (Å²) < 4.78 is 2.07. The molecule has 1 aromatic heterocycles. The van der Waals surface area contributed by atoms with Crippen LogP contribution in [0.1, 0.15) is 25.6 Å². The van der Waals surface area contributed by atoms with Gasteiger partial charge in [-0.1, -0.05) is 6.92 Å². The zero-order valence-electron chi connectivity index (χ0n) is 8.95. The van der Waals surface area contributed by atoms with Crippen LogP contribution in [-0.4, -0.2) is 26.3 Å². The largest absolute Gasteiger partial charge is 0.302 e. The van der Waals surface area contributed by atoms with E-state index in [1.54, 1.807) is 0 Å². The molecule has 1 aliphatic heterocycles. The Kier molecular flexibility index (Phi) is 3.92. The topological polar surface area (TPSA) is 30.7 Å². The second kappa shape index (κ2) is 5.21. The minimum Gasteiger partial charge on any atom is -0.302 e. The van der Waals surface area contributed by atoms with E-state index in [9.17, 15) is 0 Å². The van der Waals surface area contributed by atoms with Gasteiger partial charge in [0.15, 0.2) is 0 Å². The van der Waals surface area contributed by atoms with E-state index >= 15 is 0 Å². The third kappa shape index (κ3) is 2.67. The number of nitrogens with zero attached hydrogens (tertiary/aromatic N) is 3. The molecule has 1 aliphatic rings. The molecule has 84 valence electrons. The molecule has 0 radical (unpaired) electrons. The lowest BCUT2D eigenvalue weighted by Gasteiger charge is -2.22. The third-order valence-electron chi connectivity index (χ3n) is 2.88. The Balaban J connectivity index is 2.04. The zero-order chi connectivity index (χ0) is 10.7. The minimum absolute atomic E-state index is 0.546. The van der Waals surface area contributed by atoms with E-state index in [-0.39, 0.29) is 0 Å². The summed E-state index contributed by atoms with van der Waals surface area (Å²) in [5, 5.41) is 8.55. The second-order valence-electron chi connectivity index (χ2n) is 3.91. The molecule has 0 amide bonds. The SMILES string of the molecule is CCc1nnc(Cl)n1CC1CCSCC1. The summed E-state index contributed by atoms with van der Waals surface area (Å²) in [6, 6.07) is 0. The van der Waals surface area contributed by atoms with E-state index in [0.717, 1.165) is 24.7 Å². The maximum absolute atomic E-state index is 6.03. The average Bonchev–Trinajstić information content (AvgIpc) is 2.62. The summed E-state index contributed by atoms with van der Waals surface area (Å²) in [6.07, 6.45) is 3.49. The lowest BCUT2D eigenvalue weighted by Crippen LogP contribution is -2.17. The predicted octanol–water partition coefficient (Wildman–Crippen LogP) is 2.64. The van der Waals surface area contributed by atoms with Crippen LogP contribution in [0.2, 0.25) is 5.28 Å². The van der Waals surface area contributed by atoms with Gasteiger partial charge in [0.2, 0.25) is 5.28 Å². The Labute approximate surface area is 99.6 Å². The number of thioether (sulfide) groups is 1. The monoisotopic (exact) mass is 245 g/mol. The summed E-state index contributed by atoms with van der Waals surface area (Å²) >= 11 is 8.08. The average molecular weight is 246 g/mol. The molecule has 3 nitrogen and oxygen atoms in total. The van der Waals surface area contributed by atoms with Crippen LogP contribution in [0.25, 0.3) is 0 Å². The van der Waals surface area contributed by atoms with Crippen molar-refractivity contribution >= 4 is 23.4 Å². The number of rotatable bonds is 3. The van der Waals surface area contributed by atoms with E-state index in [0.29, 0.717) is 5.28 Å². The van der Waals surface area contributed by atoms with Crippen LogP contribution in [0.3, 0.4) is 0 Å². The van der Waals surface area contributed by atoms with Gasteiger partial charge in [-0.2, -0.15) is 11.8 Å². The zero-order valence-corrected chi connectivity index (χ0v) is 10.5. The van der Waals surface area contributed by atoms with Crippen molar-refractivity contribution in [2.45, 2.75) is 32.7 Å². The molecule has 0 spiro atoms. The van der Waals surface area contributed by atoms with Crippen LogP contribution < -0.4 is 0 Å². The Morgan fingerprint density at radius 1 is 1.40 bits per heavy atom. The number of aryl methyl sites for hydroxylation is 1. The second-order valence-corrected chi connectivity index (χ2v) is 5.47. The smallest absolute Gasteiger partial charge is 0.225 e. The third-order valence-corrected chi connectivity index (χ3v) is 4.21. The summed E-state index contributed by atoms with van der Waals surface area (Å²) in [6.45, 7) is 3.09. The molecular weight excluding hydrogens is 230 g/mol. The van der Waals surface area contributed by atoms with Gasteiger partial charge in [-0.15, -0.1) is 10.2 Å². The Morgan fingerprint density at radius 2 is 2.13 bits per heavy atom. The van der Waals surface area contributed by atoms with Crippen molar-refractivity contribution < 1.29 is 0 Å². The molecule has 0 saturated carbocycles. The van der Waals surface area contributed by atoms with Crippen molar-refractivity contribution in [3.8, 4) is 0 Å². The van der Waals surface area contributed by atoms with Crippen molar-refractivity contribution in [1.29, 1.82) is 0 Å². The molecule has 2 rings (SSSR count). The first-order chi connectivity index (χ1) is 7.31. The highest BCUT2D eigenvalue weighted by Gasteiger charge is 2.17. The van der Waals surface area contributed by atoms with E-state index in [1.165, 1.54) is 24.3 Å². The number of halogens is 1. The molecule has 0 unspecified atom stereocenters. The summed E-state index contributed by atoms with van der Waals surface area (Å²) in [5.74, 6) is 4.33. The summed E-state index contributed by atoms with van der Waals surface area (Å²) in [4.78, 5) is 0. The van der Waals surface area contributed by atoms with E-state index in [4.69, 9.17) is 11.6 Å². The number of hydrogen-bond acceptors (Lipinski definition) is 3. The lowest BCUT2D eigenvalue weighted by atomic mass is 10.0. The molecule has 1 saturated heterocycles. The molecule has 0 aromatic carbocycles. The normalized spacial score (nSPS) is 18.3. The fourth-order valence-corrected chi connectivity index (χ4v) is 3.35. The van der Waals surface area contributed by atoms with E-state index in [2.05, 4.69) is 33.5 Å². The van der Waals surface area contributed by atoms with Crippen molar-refractivity contribution in [2.24, 2.45) is 5.92 Å². The minimum atomic E-state index is 0.546. The van der Waals surface area contributed by atoms with Gasteiger partial charge in [-0.3, -0.25) is 0 Å². The highest BCUT2D eigenvalue weighted by atomic mass is 35.5. The Morgan fingerprint density at radius 3 is 2.80 bits per heavy atom. The van der Waals surface area contributed by atoms with Gasteiger partial charge >= 0.3 is 0 Å². The molecule has 15 heavy (non-hydrogen) atoms. The molecule has 1 aromatic rings. The van der Waals surface area contributed by atoms with E-state index in [1.807, 2.05) is 0 Å². The van der Waals surface area contributed by atoms with Crippen LogP contribution in [-0.2, 0) is 13.0 Å². The maximum atomic E-state index is 6.03. The maximum Gasteiger partial charge on any atom is 0.225 e. The molecule has 1 fully saturated rings. The predicted molar refractivity (Wildman–Crippen MR) is 64.5 cm³/mol. The first-order valence-corrected chi connectivity index (χ1v) is 7.00. The van der Waals surface area contributed by atoms with Gasteiger partial charge in [0.1, 0.15) is 5.82 Å². The van der Waals surface area contributed by atoms with E-state index < -0.39 is 0 Å². The first kappa shape index (κ1) is 11.3.